The van der Waals surface area contributed by atoms with E-state index >= 15 is 0 Å². The molecule has 2 atom stereocenters. The average molecular weight is 277 g/mol. The van der Waals surface area contributed by atoms with Gasteiger partial charge in [0.2, 0.25) is 0 Å². The van der Waals surface area contributed by atoms with Crippen molar-refractivity contribution in [3.05, 3.63) is 35.9 Å². The van der Waals surface area contributed by atoms with Gasteiger partial charge in [-0.15, -0.1) is 0 Å². The summed E-state index contributed by atoms with van der Waals surface area (Å²) in [6, 6.07) is 11.6. The minimum absolute atomic E-state index is 0.733. The average Bonchev–Trinajstić information content (AvgIpc) is 2.69. The molecule has 0 radical (unpaired) electrons. The summed E-state index contributed by atoms with van der Waals surface area (Å²) in [5, 5.41) is 4.58. The van der Waals surface area contributed by atoms with Crippen molar-refractivity contribution < 1.29 is 0 Å². The lowest BCUT2D eigenvalue weighted by molar-refractivity contribution is 0.470. The second-order valence-electron chi connectivity index (χ2n) is 5.53. The summed E-state index contributed by atoms with van der Waals surface area (Å²) in [6.07, 6.45) is 8.24. The molecule has 1 aliphatic carbocycles. The Bertz CT molecular complexity index is 338. The minimum atomic E-state index is 0.733. The maximum Gasteiger partial charge on any atom is 0.0204 e. The van der Waals surface area contributed by atoms with Crippen molar-refractivity contribution in [2.45, 2.75) is 62.5 Å². The van der Waals surface area contributed by atoms with E-state index in [1.807, 2.05) is 0 Å². The van der Waals surface area contributed by atoms with E-state index in [4.69, 9.17) is 0 Å². The van der Waals surface area contributed by atoms with Gasteiger partial charge in [0.15, 0.2) is 0 Å². The van der Waals surface area contributed by atoms with Crippen molar-refractivity contribution in [2.24, 2.45) is 0 Å². The van der Waals surface area contributed by atoms with Gasteiger partial charge < -0.3 is 5.32 Å². The molecule has 2 heteroatoms. The molecule has 0 bridgehead atoms. The predicted octanol–water partition coefficient (Wildman–Crippen LogP) is 4.62. The van der Waals surface area contributed by atoms with Crippen LogP contribution in [0.2, 0.25) is 0 Å². The zero-order chi connectivity index (χ0) is 13.3. The SMILES string of the molecule is CCCNC1CCCCCC1SCc1ccccc1. The normalized spacial score (nSPS) is 24.1. The molecular formula is C17H27NS. The van der Waals surface area contributed by atoms with Crippen molar-refractivity contribution in [1.82, 2.24) is 5.32 Å². The van der Waals surface area contributed by atoms with Crippen LogP contribution in [0.5, 0.6) is 0 Å². The summed E-state index contributed by atoms with van der Waals surface area (Å²) in [5.74, 6) is 1.16. The zero-order valence-corrected chi connectivity index (χ0v) is 12.9. The van der Waals surface area contributed by atoms with E-state index in [0.29, 0.717) is 0 Å². The van der Waals surface area contributed by atoms with E-state index in [0.717, 1.165) is 17.0 Å². The maximum absolute atomic E-state index is 3.78. The molecule has 1 saturated carbocycles. The topological polar surface area (TPSA) is 12.0 Å². The van der Waals surface area contributed by atoms with Crippen LogP contribution < -0.4 is 5.32 Å². The predicted molar refractivity (Wildman–Crippen MR) is 86.7 cm³/mol. The van der Waals surface area contributed by atoms with Crippen LogP contribution in [-0.4, -0.2) is 17.8 Å². The minimum Gasteiger partial charge on any atom is -0.313 e. The Morgan fingerprint density at radius 3 is 2.68 bits per heavy atom. The Kier molecular flexibility index (Phi) is 6.80. The van der Waals surface area contributed by atoms with E-state index < -0.39 is 0 Å². The third-order valence-electron chi connectivity index (χ3n) is 3.92. The highest BCUT2D eigenvalue weighted by molar-refractivity contribution is 7.99. The van der Waals surface area contributed by atoms with Gasteiger partial charge in [0.1, 0.15) is 0 Å². The first-order chi connectivity index (χ1) is 9.40. The fourth-order valence-electron chi connectivity index (χ4n) is 2.81. The summed E-state index contributed by atoms with van der Waals surface area (Å²) in [7, 11) is 0. The Labute approximate surface area is 122 Å². The fraction of sp³-hybridized carbons (Fsp3) is 0.647. The molecule has 2 unspecified atom stereocenters. The van der Waals surface area contributed by atoms with Gasteiger partial charge in [-0.3, -0.25) is 0 Å². The quantitative estimate of drug-likeness (QED) is 0.761. The van der Waals surface area contributed by atoms with E-state index in [1.54, 1.807) is 0 Å². The summed E-state index contributed by atoms with van der Waals surface area (Å²) in [4.78, 5) is 0. The molecule has 0 aromatic heterocycles. The van der Waals surface area contributed by atoms with Gasteiger partial charge >= 0.3 is 0 Å². The molecule has 1 aromatic carbocycles. The van der Waals surface area contributed by atoms with Crippen LogP contribution in [0.25, 0.3) is 0 Å². The first-order valence-corrected chi connectivity index (χ1v) is 8.84. The molecule has 1 nitrogen and oxygen atoms in total. The summed E-state index contributed by atoms with van der Waals surface area (Å²) < 4.78 is 0. The molecule has 1 aromatic rings. The van der Waals surface area contributed by atoms with Crippen LogP contribution >= 0.6 is 11.8 Å². The molecule has 106 valence electrons. The van der Waals surface area contributed by atoms with E-state index in [2.05, 4.69) is 54.3 Å². The number of thioether (sulfide) groups is 1. The third kappa shape index (κ3) is 5.19. The van der Waals surface area contributed by atoms with E-state index in [-0.39, 0.29) is 0 Å². The Morgan fingerprint density at radius 1 is 1.11 bits per heavy atom. The molecular weight excluding hydrogens is 250 g/mol. The number of hydrogen-bond donors (Lipinski definition) is 1. The van der Waals surface area contributed by atoms with Gasteiger partial charge in [-0.05, 0) is 31.4 Å². The zero-order valence-electron chi connectivity index (χ0n) is 12.1. The molecule has 0 amide bonds. The van der Waals surface area contributed by atoms with E-state index in [9.17, 15) is 0 Å². The largest absolute Gasteiger partial charge is 0.313 e. The van der Waals surface area contributed by atoms with Crippen molar-refractivity contribution in [2.75, 3.05) is 6.54 Å². The van der Waals surface area contributed by atoms with E-state index in [1.165, 1.54) is 50.6 Å². The lowest BCUT2D eigenvalue weighted by atomic mass is 10.1. The molecule has 1 aliphatic rings. The second kappa shape index (κ2) is 8.65. The molecule has 0 aliphatic heterocycles. The lowest BCUT2D eigenvalue weighted by Gasteiger charge is -2.26. The van der Waals surface area contributed by atoms with Gasteiger partial charge in [0.25, 0.3) is 0 Å². The van der Waals surface area contributed by atoms with Gasteiger partial charge in [0, 0.05) is 17.0 Å². The molecule has 0 heterocycles. The standard InChI is InChI=1S/C17H27NS/c1-2-13-18-16-11-7-4-8-12-17(16)19-14-15-9-5-3-6-10-15/h3,5-6,9-10,16-18H,2,4,7-8,11-14H2,1H3. The highest BCUT2D eigenvalue weighted by Crippen LogP contribution is 2.30. The van der Waals surface area contributed by atoms with Gasteiger partial charge in [-0.25, -0.2) is 0 Å². The van der Waals surface area contributed by atoms with Gasteiger partial charge in [-0.2, -0.15) is 11.8 Å². The summed E-state index contributed by atoms with van der Waals surface area (Å²) in [6.45, 7) is 3.43. The number of hydrogen-bond acceptors (Lipinski definition) is 2. The summed E-state index contributed by atoms with van der Waals surface area (Å²) >= 11 is 2.16. The molecule has 2 rings (SSSR count). The van der Waals surface area contributed by atoms with Crippen molar-refractivity contribution in [3.8, 4) is 0 Å². The van der Waals surface area contributed by atoms with Crippen LogP contribution in [0.1, 0.15) is 51.0 Å². The highest BCUT2D eigenvalue weighted by Gasteiger charge is 2.23. The first kappa shape index (κ1) is 14.9. The Hall–Kier alpha value is -0.470. The Morgan fingerprint density at radius 2 is 1.89 bits per heavy atom. The molecule has 0 saturated heterocycles. The number of nitrogens with one attached hydrogen (secondary N) is 1. The third-order valence-corrected chi connectivity index (χ3v) is 5.41. The first-order valence-electron chi connectivity index (χ1n) is 7.79. The molecule has 1 fully saturated rings. The van der Waals surface area contributed by atoms with Crippen LogP contribution in [0.15, 0.2) is 30.3 Å². The smallest absolute Gasteiger partial charge is 0.0204 e. The summed E-state index contributed by atoms with van der Waals surface area (Å²) in [5.41, 5.74) is 1.46. The highest BCUT2D eigenvalue weighted by atomic mass is 32.2. The molecule has 19 heavy (non-hydrogen) atoms. The fourth-order valence-corrected chi connectivity index (χ4v) is 4.21. The van der Waals surface area contributed by atoms with Crippen LogP contribution in [0, 0.1) is 0 Å². The lowest BCUT2D eigenvalue weighted by Crippen LogP contribution is -2.38. The van der Waals surface area contributed by atoms with Gasteiger partial charge in [0.05, 0.1) is 0 Å². The van der Waals surface area contributed by atoms with Crippen molar-refractivity contribution in [1.29, 1.82) is 0 Å². The number of benzene rings is 1. The monoisotopic (exact) mass is 277 g/mol. The van der Waals surface area contributed by atoms with Crippen LogP contribution in [0.3, 0.4) is 0 Å². The van der Waals surface area contributed by atoms with Gasteiger partial charge in [-0.1, -0.05) is 56.5 Å². The Balaban J connectivity index is 1.86. The molecule has 1 N–H and O–H groups in total. The second-order valence-corrected chi connectivity index (χ2v) is 6.76. The maximum atomic E-state index is 3.78. The molecule has 0 spiro atoms. The number of rotatable bonds is 6. The van der Waals surface area contributed by atoms with Crippen molar-refractivity contribution in [3.63, 3.8) is 0 Å². The van der Waals surface area contributed by atoms with Crippen LogP contribution in [0.4, 0.5) is 0 Å². The van der Waals surface area contributed by atoms with Crippen molar-refractivity contribution >= 4 is 11.8 Å². The van der Waals surface area contributed by atoms with Crippen LogP contribution in [-0.2, 0) is 5.75 Å².